The number of likely N-dealkylation sites (N-methyl/N-ethyl adjacent to an activating group) is 2. The Morgan fingerprint density at radius 2 is 0.639 bits per heavy atom. The van der Waals surface area contributed by atoms with Gasteiger partial charge in [0.05, 0.1) is 10.8 Å². The zero-order valence-electron chi connectivity index (χ0n) is 57.5. The minimum Gasteiger partial charge on any atom is -0.344 e. The van der Waals surface area contributed by atoms with E-state index in [4.69, 9.17) is 0 Å². The van der Waals surface area contributed by atoms with Crippen LogP contribution in [0.1, 0.15) is 97.2 Å². The van der Waals surface area contributed by atoms with Gasteiger partial charge in [-0.15, -0.1) is 0 Å². The molecule has 0 aliphatic carbocycles. The second-order valence-electron chi connectivity index (χ2n) is 28.7. The van der Waals surface area contributed by atoms with Crippen LogP contribution in [-0.2, 0) is 53.8 Å². The predicted octanol–water partition coefficient (Wildman–Crippen LogP) is 21.3. The van der Waals surface area contributed by atoms with Crippen LogP contribution >= 0.6 is 0 Å². The summed E-state index contributed by atoms with van der Waals surface area (Å²) < 4.78 is 5.06. The first kappa shape index (κ1) is 61.5. The molecule has 97 heavy (non-hydrogen) atoms. The zero-order chi connectivity index (χ0) is 66.2. The van der Waals surface area contributed by atoms with Gasteiger partial charge in [-0.1, -0.05) is 243 Å². The van der Waals surface area contributed by atoms with Crippen molar-refractivity contribution in [2.24, 2.45) is 0 Å². The Hall–Kier alpha value is -10.4. The third-order valence-corrected chi connectivity index (χ3v) is 22.7. The van der Waals surface area contributed by atoms with Crippen LogP contribution in [-0.4, -0.2) is 47.8 Å². The Morgan fingerprint density at radius 1 is 0.330 bits per heavy atom. The molecular formula is C93H86N4+2. The van der Waals surface area contributed by atoms with Gasteiger partial charge in [-0.25, -0.2) is 0 Å². The highest BCUT2D eigenvalue weighted by Gasteiger charge is 2.51. The molecule has 0 saturated heterocycles. The Labute approximate surface area is 573 Å². The van der Waals surface area contributed by atoms with E-state index in [-0.39, 0.29) is 21.7 Å². The van der Waals surface area contributed by atoms with Crippen LogP contribution in [0.5, 0.6) is 0 Å². The average Bonchev–Trinajstić information content (AvgIpc) is 1.60. The molecule has 4 aliphatic heterocycles. The molecule has 4 unspecified atom stereocenters. The fourth-order valence-corrected chi connectivity index (χ4v) is 18.6. The molecule has 12 aromatic carbocycles. The monoisotopic (exact) mass is 1260 g/mol. The van der Waals surface area contributed by atoms with Gasteiger partial charge in [-0.3, -0.25) is 0 Å². The molecule has 4 atom stereocenters. The minimum absolute atomic E-state index is 0.279. The van der Waals surface area contributed by atoms with E-state index in [9.17, 15) is 0 Å². The van der Waals surface area contributed by atoms with Gasteiger partial charge >= 0.3 is 0 Å². The molecule has 4 heteroatoms. The molecule has 4 aliphatic rings. The lowest BCUT2D eigenvalue weighted by molar-refractivity contribution is -0.401. The zero-order valence-corrected chi connectivity index (χ0v) is 57.5. The first-order valence-electron chi connectivity index (χ1n) is 35.2. The number of rotatable bonds is 16. The topological polar surface area (TPSA) is 12.5 Å². The highest BCUT2D eigenvalue weighted by atomic mass is 15.2. The fourth-order valence-electron chi connectivity index (χ4n) is 18.6. The van der Waals surface area contributed by atoms with Crippen LogP contribution in [0.2, 0.25) is 0 Å². The SMILES string of the molecule is CCN1/C(=C/C=C/C2=[N+](C)c3cc(Cc4cc5c(c6ccccc46)C(C)(Cc4ccccc4)C(/C=C/C=C4/N(CC)c6ccc7ccccc7c6C4(C)Cc4ccccc4)=[N+]5C)c4ccccc4c3C2(C)Cc2ccccc2)C(C)(Cc2ccccc2)c2c1ccc1ccccc21. The molecule has 16 rings (SSSR count). The van der Waals surface area contributed by atoms with Crippen molar-refractivity contribution in [3.8, 4) is 0 Å². The van der Waals surface area contributed by atoms with E-state index in [1.165, 1.54) is 144 Å². The molecule has 0 fully saturated rings. The smallest absolute Gasteiger partial charge is 0.210 e. The maximum Gasteiger partial charge on any atom is 0.210 e. The summed E-state index contributed by atoms with van der Waals surface area (Å²) in [4.78, 5) is 5.15. The van der Waals surface area contributed by atoms with Gasteiger partial charge in [0.25, 0.3) is 0 Å². The summed E-state index contributed by atoms with van der Waals surface area (Å²) >= 11 is 0. The van der Waals surface area contributed by atoms with Gasteiger partial charge in [0.1, 0.15) is 14.1 Å². The summed E-state index contributed by atoms with van der Waals surface area (Å²) in [5.41, 5.74) is 22.8. The van der Waals surface area contributed by atoms with Crippen LogP contribution in [0.4, 0.5) is 22.7 Å². The first-order chi connectivity index (χ1) is 47.3. The summed E-state index contributed by atoms with van der Waals surface area (Å²) in [6, 6.07) is 95.5. The molecule has 4 nitrogen and oxygen atoms in total. The Kier molecular flexibility index (Phi) is 15.4. The van der Waals surface area contributed by atoms with Crippen LogP contribution in [0, 0.1) is 0 Å². The van der Waals surface area contributed by atoms with E-state index < -0.39 is 0 Å². The van der Waals surface area contributed by atoms with Crippen LogP contribution in [0.3, 0.4) is 0 Å². The molecule has 0 aromatic heterocycles. The third kappa shape index (κ3) is 10.1. The quantitative estimate of drug-likeness (QED) is 0.0894. The molecule has 4 heterocycles. The average molecular weight is 1260 g/mol. The number of hydrogen-bond donors (Lipinski definition) is 0. The molecule has 0 bridgehead atoms. The van der Waals surface area contributed by atoms with E-state index in [2.05, 4.69) is 366 Å². The van der Waals surface area contributed by atoms with Crippen molar-refractivity contribution in [2.75, 3.05) is 37.0 Å². The summed E-state index contributed by atoms with van der Waals surface area (Å²) in [7, 11) is 4.64. The second kappa shape index (κ2) is 24.3. The summed E-state index contributed by atoms with van der Waals surface area (Å²) in [6.07, 6.45) is 18.9. The molecule has 0 spiro atoms. The lowest BCUT2D eigenvalue weighted by Crippen LogP contribution is -2.33. The summed E-state index contributed by atoms with van der Waals surface area (Å²) in [6.45, 7) is 16.3. The third-order valence-electron chi connectivity index (χ3n) is 22.7. The summed E-state index contributed by atoms with van der Waals surface area (Å²) in [5.74, 6) is 0. The van der Waals surface area contributed by atoms with Crippen LogP contribution < -0.4 is 9.80 Å². The lowest BCUT2D eigenvalue weighted by Gasteiger charge is -2.30. The van der Waals surface area contributed by atoms with Gasteiger partial charge in [0.2, 0.25) is 11.4 Å². The normalized spacial score (nSPS) is 21.3. The van der Waals surface area contributed by atoms with Crippen molar-refractivity contribution in [1.29, 1.82) is 0 Å². The molecular weight excluding hydrogens is 1170 g/mol. The van der Waals surface area contributed by atoms with Crippen LogP contribution in [0.25, 0.3) is 43.1 Å². The number of hydrogen-bond acceptors (Lipinski definition) is 2. The van der Waals surface area contributed by atoms with Crippen molar-refractivity contribution in [2.45, 2.75) is 95.3 Å². The van der Waals surface area contributed by atoms with E-state index in [1.807, 2.05) is 0 Å². The lowest BCUT2D eigenvalue weighted by atomic mass is 9.72. The standard InChI is InChI=1S/C93H86N4/c1-9-96-78-55-53-68-41-23-25-45-74(68)86(78)92(5,62-66-37-19-13-20-38-66)84(96)51-31-49-82-90(3,60-64-33-15-11-16-34-64)88-76-47-29-27-43-72(76)70(58-80(88)94(82)7)57-71-59-81-89(77-48-30-28-44-73(71)77)91(4,61-65-35-17-12-18-36-65)83(95(81)8)50-32-52-85-93(6,63-67-39-21-14-22-40-67)87-75-46-26-24-42-69(75)54-56-79(87)97(85)10-2/h11-56,58-59H,9-10,57,60-63H2,1-8H3/q+2. The van der Waals surface area contributed by atoms with E-state index in [1.54, 1.807) is 0 Å². The maximum atomic E-state index is 2.58. The second-order valence-corrected chi connectivity index (χ2v) is 28.7. The van der Waals surface area contributed by atoms with Gasteiger partial charge in [-0.05, 0) is 186 Å². The molecule has 0 saturated carbocycles. The van der Waals surface area contributed by atoms with Gasteiger partial charge in [0, 0.05) is 82.1 Å². The van der Waals surface area contributed by atoms with E-state index in [0.29, 0.717) is 0 Å². The van der Waals surface area contributed by atoms with Gasteiger partial charge < -0.3 is 9.80 Å². The van der Waals surface area contributed by atoms with E-state index in [0.717, 1.165) is 45.2 Å². The number of benzene rings is 12. The van der Waals surface area contributed by atoms with Crippen molar-refractivity contribution in [3.05, 3.63) is 358 Å². The van der Waals surface area contributed by atoms with Crippen molar-refractivity contribution in [1.82, 2.24) is 0 Å². The molecule has 0 radical (unpaired) electrons. The van der Waals surface area contributed by atoms with Gasteiger partial charge in [-0.2, -0.15) is 9.15 Å². The molecule has 0 amide bonds. The Balaban J connectivity index is 0.824. The molecule has 476 valence electrons. The number of fused-ring (bicyclic) bond motifs is 12. The highest BCUT2D eigenvalue weighted by molar-refractivity contribution is 6.11. The van der Waals surface area contributed by atoms with Crippen molar-refractivity contribution < 1.29 is 9.15 Å². The minimum atomic E-state index is -0.363. The molecule has 0 N–H and O–H groups in total. The maximum absolute atomic E-state index is 2.58. The number of allylic oxidation sites excluding steroid dienone is 8. The van der Waals surface area contributed by atoms with E-state index >= 15 is 0 Å². The summed E-state index contributed by atoms with van der Waals surface area (Å²) in [5, 5.41) is 10.5. The van der Waals surface area contributed by atoms with Crippen molar-refractivity contribution >= 4 is 77.3 Å². The fraction of sp³-hybridized carbons (Fsp3) is 0.204. The Morgan fingerprint density at radius 3 is 0.990 bits per heavy atom. The van der Waals surface area contributed by atoms with Gasteiger partial charge in [0.15, 0.2) is 11.4 Å². The number of nitrogens with zero attached hydrogens (tertiary/aromatic N) is 4. The van der Waals surface area contributed by atoms with Crippen LogP contribution in [0.15, 0.2) is 303 Å². The highest BCUT2D eigenvalue weighted by Crippen LogP contribution is 2.56. The predicted molar refractivity (Wildman–Crippen MR) is 411 cm³/mol. The first-order valence-corrected chi connectivity index (χ1v) is 35.2. The number of anilines is 2. The largest absolute Gasteiger partial charge is 0.344 e. The van der Waals surface area contributed by atoms with Crippen molar-refractivity contribution in [3.63, 3.8) is 0 Å². The Bertz CT molecular complexity index is 4970. The molecule has 12 aromatic rings.